The molecule has 1 unspecified atom stereocenters. The van der Waals surface area contributed by atoms with E-state index < -0.39 is 5.97 Å². The highest BCUT2D eigenvalue weighted by atomic mass is 16.4. The van der Waals surface area contributed by atoms with Crippen LogP contribution >= 0.6 is 0 Å². The number of hydrogen-bond donors (Lipinski definition) is 2. The first-order chi connectivity index (χ1) is 12.2. The van der Waals surface area contributed by atoms with Crippen molar-refractivity contribution in [2.45, 2.75) is 25.2 Å². The molecule has 126 valence electrons. The quantitative estimate of drug-likeness (QED) is 0.703. The number of nitrogens with one attached hydrogen (secondary N) is 1. The van der Waals surface area contributed by atoms with Crippen LogP contribution in [-0.4, -0.2) is 18.1 Å². The first kappa shape index (κ1) is 15.7. The van der Waals surface area contributed by atoms with Gasteiger partial charge >= 0.3 is 5.97 Å². The van der Waals surface area contributed by atoms with Crippen LogP contribution in [0.4, 0.5) is 5.69 Å². The smallest absolute Gasteiger partial charge is 0.303 e. The van der Waals surface area contributed by atoms with E-state index in [0.29, 0.717) is 0 Å². The molecule has 0 radical (unpaired) electrons. The molecule has 1 atom stereocenters. The number of carbonyl (C=O) groups is 1. The lowest BCUT2D eigenvalue weighted by atomic mass is 9.91. The zero-order valence-corrected chi connectivity index (χ0v) is 14.3. The maximum Gasteiger partial charge on any atom is 0.303 e. The number of anilines is 1. The zero-order valence-electron chi connectivity index (χ0n) is 14.3. The van der Waals surface area contributed by atoms with E-state index in [0.717, 1.165) is 18.5 Å². The van der Waals surface area contributed by atoms with Gasteiger partial charge in [-0.2, -0.15) is 0 Å². The van der Waals surface area contributed by atoms with Gasteiger partial charge in [0, 0.05) is 18.3 Å². The second kappa shape index (κ2) is 6.25. The van der Waals surface area contributed by atoms with E-state index in [1.54, 1.807) is 0 Å². The Kier molecular flexibility index (Phi) is 3.92. The standard InChI is InChI=1S/C22H21NO2/c1-23-20-11-10-18-16(13-21(24)25)8-9-19(18)22(20)17-7-6-14-4-2-3-5-15(14)12-17/h2-7,10-12,16,23H,8-9,13H2,1H3,(H,24,25). The molecule has 2 N–H and O–H groups in total. The summed E-state index contributed by atoms with van der Waals surface area (Å²) in [4.78, 5) is 11.2. The normalized spacial score (nSPS) is 16.0. The Labute approximate surface area is 147 Å². The topological polar surface area (TPSA) is 49.3 Å². The molecule has 1 aliphatic rings. The van der Waals surface area contributed by atoms with Crippen LogP contribution < -0.4 is 5.32 Å². The first-order valence-electron chi connectivity index (χ1n) is 8.72. The van der Waals surface area contributed by atoms with Crippen LogP contribution in [0.15, 0.2) is 54.6 Å². The summed E-state index contributed by atoms with van der Waals surface area (Å²) >= 11 is 0. The van der Waals surface area contributed by atoms with Gasteiger partial charge in [-0.05, 0) is 58.4 Å². The lowest BCUT2D eigenvalue weighted by Crippen LogP contribution is -2.03. The fourth-order valence-corrected chi connectivity index (χ4v) is 4.10. The predicted octanol–water partition coefficient (Wildman–Crippen LogP) is 5.05. The molecular weight excluding hydrogens is 310 g/mol. The maximum atomic E-state index is 11.2. The van der Waals surface area contributed by atoms with E-state index in [-0.39, 0.29) is 12.3 Å². The van der Waals surface area contributed by atoms with Gasteiger partial charge in [-0.25, -0.2) is 0 Å². The van der Waals surface area contributed by atoms with E-state index in [9.17, 15) is 9.90 Å². The predicted molar refractivity (Wildman–Crippen MR) is 102 cm³/mol. The summed E-state index contributed by atoms with van der Waals surface area (Å²) in [7, 11) is 1.94. The molecule has 0 saturated heterocycles. The lowest BCUT2D eigenvalue weighted by molar-refractivity contribution is -0.137. The van der Waals surface area contributed by atoms with E-state index in [1.165, 1.54) is 33.0 Å². The van der Waals surface area contributed by atoms with Crippen molar-refractivity contribution in [2.24, 2.45) is 0 Å². The highest BCUT2D eigenvalue weighted by Crippen LogP contribution is 2.44. The summed E-state index contributed by atoms with van der Waals surface area (Å²) in [6.07, 6.45) is 2.06. The summed E-state index contributed by atoms with van der Waals surface area (Å²) in [5, 5.41) is 15.0. The van der Waals surface area contributed by atoms with Crippen molar-refractivity contribution in [1.82, 2.24) is 0 Å². The first-order valence-corrected chi connectivity index (χ1v) is 8.72. The van der Waals surface area contributed by atoms with E-state index in [2.05, 4.69) is 59.9 Å². The van der Waals surface area contributed by atoms with Gasteiger partial charge in [0.05, 0.1) is 6.42 Å². The molecule has 0 spiro atoms. The molecule has 0 amide bonds. The third-order valence-electron chi connectivity index (χ3n) is 5.26. The molecular formula is C22H21NO2. The number of benzene rings is 3. The van der Waals surface area contributed by atoms with Crippen molar-refractivity contribution in [3.8, 4) is 11.1 Å². The molecule has 3 aromatic carbocycles. The van der Waals surface area contributed by atoms with Crippen LogP contribution in [0.25, 0.3) is 21.9 Å². The number of aliphatic carboxylic acids is 1. The lowest BCUT2D eigenvalue weighted by Gasteiger charge is -2.17. The van der Waals surface area contributed by atoms with E-state index in [4.69, 9.17) is 0 Å². The van der Waals surface area contributed by atoms with Gasteiger partial charge in [0.1, 0.15) is 0 Å². The highest BCUT2D eigenvalue weighted by Gasteiger charge is 2.28. The Hall–Kier alpha value is -2.81. The minimum absolute atomic E-state index is 0.123. The molecule has 0 heterocycles. The van der Waals surface area contributed by atoms with Gasteiger partial charge in [0.2, 0.25) is 0 Å². The molecule has 3 nitrogen and oxygen atoms in total. The molecule has 0 aliphatic heterocycles. The summed E-state index contributed by atoms with van der Waals surface area (Å²) in [6, 6.07) is 19.1. The molecule has 1 aliphatic carbocycles. The molecule has 0 bridgehead atoms. The molecule has 3 aromatic rings. The molecule has 25 heavy (non-hydrogen) atoms. The summed E-state index contributed by atoms with van der Waals surface area (Å²) in [5.41, 5.74) is 6.01. The maximum absolute atomic E-state index is 11.2. The van der Waals surface area contributed by atoms with Gasteiger partial charge in [-0.15, -0.1) is 0 Å². The summed E-state index contributed by atoms with van der Waals surface area (Å²) in [6.45, 7) is 0. The van der Waals surface area contributed by atoms with Crippen LogP contribution in [0.3, 0.4) is 0 Å². The average Bonchev–Trinajstić information content (AvgIpc) is 3.02. The molecule has 0 aromatic heterocycles. The van der Waals surface area contributed by atoms with Crippen LogP contribution in [0, 0.1) is 0 Å². The Morgan fingerprint density at radius 2 is 1.92 bits per heavy atom. The fraction of sp³-hybridized carbons (Fsp3) is 0.227. The number of hydrogen-bond acceptors (Lipinski definition) is 2. The van der Waals surface area contributed by atoms with Gasteiger partial charge in [0.15, 0.2) is 0 Å². The largest absolute Gasteiger partial charge is 0.481 e. The van der Waals surface area contributed by atoms with Crippen molar-refractivity contribution in [3.63, 3.8) is 0 Å². The van der Waals surface area contributed by atoms with Crippen LogP contribution in [0.5, 0.6) is 0 Å². The number of carboxylic acid groups (broad SMARTS) is 1. The molecule has 3 heteroatoms. The van der Waals surface area contributed by atoms with Gasteiger partial charge in [0.25, 0.3) is 0 Å². The Bertz CT molecular complexity index is 961. The fourth-order valence-electron chi connectivity index (χ4n) is 4.10. The van der Waals surface area contributed by atoms with Gasteiger partial charge in [-0.1, -0.05) is 42.5 Å². The highest BCUT2D eigenvalue weighted by molar-refractivity contribution is 5.91. The Morgan fingerprint density at radius 1 is 1.12 bits per heavy atom. The number of carboxylic acids is 1. The van der Waals surface area contributed by atoms with E-state index >= 15 is 0 Å². The molecule has 4 rings (SSSR count). The monoisotopic (exact) mass is 331 g/mol. The minimum Gasteiger partial charge on any atom is -0.481 e. The van der Waals surface area contributed by atoms with Crippen molar-refractivity contribution in [3.05, 3.63) is 65.7 Å². The number of fused-ring (bicyclic) bond motifs is 2. The third-order valence-corrected chi connectivity index (χ3v) is 5.26. The van der Waals surface area contributed by atoms with Crippen LogP contribution in [-0.2, 0) is 11.2 Å². The number of rotatable bonds is 4. The average molecular weight is 331 g/mol. The van der Waals surface area contributed by atoms with Crippen molar-refractivity contribution >= 4 is 22.4 Å². The summed E-state index contributed by atoms with van der Waals surface area (Å²) < 4.78 is 0. The van der Waals surface area contributed by atoms with Crippen molar-refractivity contribution in [1.29, 1.82) is 0 Å². The van der Waals surface area contributed by atoms with Gasteiger partial charge in [-0.3, -0.25) is 4.79 Å². The van der Waals surface area contributed by atoms with E-state index in [1.807, 2.05) is 7.05 Å². The molecule has 0 saturated carbocycles. The SMILES string of the molecule is CNc1ccc2c(c1-c1ccc3ccccc3c1)CCC2CC(=O)O. The Balaban J connectivity index is 1.88. The Morgan fingerprint density at radius 3 is 2.68 bits per heavy atom. The van der Waals surface area contributed by atoms with Crippen molar-refractivity contribution < 1.29 is 9.90 Å². The van der Waals surface area contributed by atoms with Gasteiger partial charge < -0.3 is 10.4 Å². The molecule has 0 fully saturated rings. The van der Waals surface area contributed by atoms with Crippen LogP contribution in [0.1, 0.15) is 29.9 Å². The summed E-state index contributed by atoms with van der Waals surface area (Å²) in [5.74, 6) is -0.597. The third kappa shape index (κ3) is 2.76. The van der Waals surface area contributed by atoms with Crippen molar-refractivity contribution in [2.75, 3.05) is 12.4 Å². The zero-order chi connectivity index (χ0) is 17.4. The minimum atomic E-state index is -0.720. The van der Waals surface area contributed by atoms with Crippen LogP contribution in [0.2, 0.25) is 0 Å². The second-order valence-corrected chi connectivity index (χ2v) is 6.70. The second-order valence-electron chi connectivity index (χ2n) is 6.70.